The van der Waals surface area contributed by atoms with E-state index in [0.29, 0.717) is 11.7 Å². The number of halogens is 1. The van der Waals surface area contributed by atoms with Crippen LogP contribution in [-0.4, -0.2) is 54.8 Å². The van der Waals surface area contributed by atoms with Gasteiger partial charge in [0.25, 0.3) is 0 Å². The molecule has 8 nitrogen and oxygen atoms in total. The second kappa shape index (κ2) is 7.63. The molecule has 2 aliphatic rings. The van der Waals surface area contributed by atoms with Crippen molar-refractivity contribution in [3.05, 3.63) is 41.1 Å². The van der Waals surface area contributed by atoms with Crippen LogP contribution in [0.15, 0.2) is 24.7 Å². The molecule has 31 heavy (non-hydrogen) atoms. The number of nitrogens with zero attached hydrogens (tertiary/aromatic N) is 5. The van der Waals surface area contributed by atoms with Gasteiger partial charge in [0, 0.05) is 70.5 Å². The predicted molar refractivity (Wildman–Crippen MR) is 125 cm³/mol. The van der Waals surface area contributed by atoms with Gasteiger partial charge in [-0.1, -0.05) is 11.6 Å². The van der Waals surface area contributed by atoms with Crippen LogP contribution in [0.1, 0.15) is 31.0 Å². The lowest BCUT2D eigenvalue weighted by Crippen LogP contribution is -2.43. The summed E-state index contributed by atoms with van der Waals surface area (Å²) < 4.78 is 20.1. The van der Waals surface area contributed by atoms with Gasteiger partial charge in [-0.15, -0.1) is 0 Å². The molecule has 0 radical (unpaired) electrons. The van der Waals surface area contributed by atoms with Crippen molar-refractivity contribution in [3.63, 3.8) is 0 Å². The molecule has 0 bridgehead atoms. The van der Waals surface area contributed by atoms with Gasteiger partial charge >= 0.3 is 0 Å². The molecule has 2 atom stereocenters. The van der Waals surface area contributed by atoms with E-state index in [1.54, 1.807) is 12.6 Å². The van der Waals surface area contributed by atoms with E-state index in [-0.39, 0.29) is 11.3 Å². The Morgan fingerprint density at radius 2 is 2.06 bits per heavy atom. The smallest absolute Gasteiger partial charge is 0.141 e. The molecule has 2 N–H and O–H groups in total. The molecule has 5 heterocycles. The SMILES string of the molecule is C[C@@H]1Cc2ncnc(N3CCC(S(C)(=N)=O)CC3)c2CN1c1cc(Cl)nc2[nH]ccc12. The van der Waals surface area contributed by atoms with Gasteiger partial charge in [0.1, 0.15) is 22.9 Å². The first-order valence-corrected chi connectivity index (χ1v) is 12.9. The number of nitrogens with one attached hydrogen (secondary N) is 2. The summed E-state index contributed by atoms with van der Waals surface area (Å²) in [7, 11) is -2.51. The highest BCUT2D eigenvalue weighted by Gasteiger charge is 2.32. The van der Waals surface area contributed by atoms with E-state index < -0.39 is 9.73 Å². The minimum atomic E-state index is -2.51. The zero-order chi connectivity index (χ0) is 21.8. The van der Waals surface area contributed by atoms with Crippen LogP contribution in [0.5, 0.6) is 0 Å². The van der Waals surface area contributed by atoms with Gasteiger partial charge in [-0.3, -0.25) is 4.78 Å². The molecule has 0 amide bonds. The number of hydrogen-bond donors (Lipinski definition) is 2. The van der Waals surface area contributed by atoms with Crippen LogP contribution < -0.4 is 9.80 Å². The Balaban J connectivity index is 1.48. The Bertz CT molecular complexity index is 1230. The standard InChI is InChI=1S/C21H26ClN7OS/c1-13-9-17-16(11-29(13)18-10-19(22)27-20-15(18)3-6-24-20)21(26-12-25-17)28-7-4-14(5-8-28)31(2,23)30/h3,6,10,12-14,23H,4-5,7-9,11H2,1-2H3,(H,24,27)/t13-,31?/m1/s1. The second-order valence-electron chi connectivity index (χ2n) is 8.60. The van der Waals surface area contributed by atoms with Gasteiger partial charge in [0.05, 0.1) is 11.4 Å². The normalized spacial score (nSPS) is 21.8. The van der Waals surface area contributed by atoms with Crippen LogP contribution in [0.25, 0.3) is 11.0 Å². The number of fused-ring (bicyclic) bond motifs is 2. The summed E-state index contributed by atoms with van der Waals surface area (Å²) in [6.45, 7) is 4.42. The first kappa shape index (κ1) is 20.5. The second-order valence-corrected chi connectivity index (χ2v) is 11.5. The van der Waals surface area contributed by atoms with E-state index in [4.69, 9.17) is 16.4 Å². The Labute approximate surface area is 187 Å². The van der Waals surface area contributed by atoms with Crippen LogP contribution in [0.4, 0.5) is 11.5 Å². The molecule has 164 valence electrons. The van der Waals surface area contributed by atoms with Crippen LogP contribution in [0, 0.1) is 4.78 Å². The van der Waals surface area contributed by atoms with Crippen molar-refractivity contribution in [1.82, 2.24) is 19.9 Å². The predicted octanol–water partition coefficient (Wildman–Crippen LogP) is 3.60. The molecule has 1 fully saturated rings. The summed E-state index contributed by atoms with van der Waals surface area (Å²) in [4.78, 5) is 21.4. The third-order valence-corrected chi connectivity index (χ3v) is 8.46. The van der Waals surface area contributed by atoms with Gasteiger partial charge < -0.3 is 14.8 Å². The molecular formula is C21H26ClN7OS. The lowest BCUT2D eigenvalue weighted by Gasteiger charge is -2.39. The zero-order valence-electron chi connectivity index (χ0n) is 17.6. The fourth-order valence-electron chi connectivity index (χ4n) is 4.83. The summed E-state index contributed by atoms with van der Waals surface area (Å²) in [5.41, 5.74) is 4.06. The van der Waals surface area contributed by atoms with Crippen LogP contribution in [0.2, 0.25) is 5.15 Å². The van der Waals surface area contributed by atoms with Crippen LogP contribution in [0.3, 0.4) is 0 Å². The van der Waals surface area contributed by atoms with Crippen molar-refractivity contribution in [2.75, 3.05) is 29.1 Å². The number of rotatable bonds is 3. The molecule has 0 aliphatic carbocycles. The number of pyridine rings is 1. The van der Waals surface area contributed by atoms with E-state index in [0.717, 1.165) is 66.1 Å². The van der Waals surface area contributed by atoms with Crippen molar-refractivity contribution in [2.45, 2.75) is 44.0 Å². The molecule has 5 rings (SSSR count). The molecule has 0 saturated carbocycles. The van der Waals surface area contributed by atoms with Crippen molar-refractivity contribution >= 4 is 43.9 Å². The average Bonchev–Trinajstić information content (AvgIpc) is 3.20. The topological polar surface area (TPSA) is 102 Å². The summed E-state index contributed by atoms with van der Waals surface area (Å²) in [5.74, 6) is 0.957. The average molecular weight is 460 g/mol. The molecule has 1 unspecified atom stereocenters. The number of piperidine rings is 1. The van der Waals surface area contributed by atoms with Crippen molar-refractivity contribution < 1.29 is 4.21 Å². The molecule has 2 aliphatic heterocycles. The van der Waals surface area contributed by atoms with Crippen LogP contribution in [-0.2, 0) is 22.7 Å². The van der Waals surface area contributed by atoms with E-state index in [9.17, 15) is 4.21 Å². The Hall–Kier alpha value is -2.39. The number of anilines is 2. The fraction of sp³-hybridized carbons (Fsp3) is 0.476. The van der Waals surface area contributed by atoms with Gasteiger partial charge in [-0.2, -0.15) is 0 Å². The third kappa shape index (κ3) is 3.74. The summed E-state index contributed by atoms with van der Waals surface area (Å²) >= 11 is 6.32. The fourth-order valence-corrected chi connectivity index (χ4v) is 6.13. The summed E-state index contributed by atoms with van der Waals surface area (Å²) in [5, 5.41) is 1.47. The maximum absolute atomic E-state index is 12.2. The quantitative estimate of drug-likeness (QED) is 0.580. The van der Waals surface area contributed by atoms with E-state index >= 15 is 0 Å². The van der Waals surface area contributed by atoms with Crippen molar-refractivity contribution in [1.29, 1.82) is 4.78 Å². The zero-order valence-corrected chi connectivity index (χ0v) is 19.2. The first-order chi connectivity index (χ1) is 14.8. The largest absolute Gasteiger partial charge is 0.363 e. The van der Waals surface area contributed by atoms with Crippen LogP contribution >= 0.6 is 11.6 Å². The van der Waals surface area contributed by atoms with Crippen molar-refractivity contribution in [2.24, 2.45) is 0 Å². The third-order valence-electron chi connectivity index (χ3n) is 6.52. The molecular weight excluding hydrogens is 434 g/mol. The molecule has 0 aromatic carbocycles. The highest BCUT2D eigenvalue weighted by atomic mass is 35.5. The summed E-state index contributed by atoms with van der Waals surface area (Å²) in [6, 6.07) is 4.22. The van der Waals surface area contributed by atoms with E-state index in [2.05, 4.69) is 36.7 Å². The van der Waals surface area contributed by atoms with Gasteiger partial charge in [-0.25, -0.2) is 19.2 Å². The van der Waals surface area contributed by atoms with Gasteiger partial charge in [0.2, 0.25) is 0 Å². The molecule has 0 spiro atoms. The lowest BCUT2D eigenvalue weighted by atomic mass is 9.98. The monoisotopic (exact) mass is 459 g/mol. The van der Waals surface area contributed by atoms with Crippen molar-refractivity contribution in [3.8, 4) is 0 Å². The maximum Gasteiger partial charge on any atom is 0.141 e. The molecule has 3 aromatic rings. The van der Waals surface area contributed by atoms with Gasteiger partial charge in [-0.05, 0) is 31.9 Å². The Kier molecular flexibility index (Phi) is 5.05. The molecule has 10 heteroatoms. The Morgan fingerprint density at radius 1 is 1.29 bits per heavy atom. The minimum Gasteiger partial charge on any atom is -0.363 e. The number of H-pyrrole nitrogens is 1. The highest BCUT2D eigenvalue weighted by molar-refractivity contribution is 7.92. The van der Waals surface area contributed by atoms with E-state index in [1.807, 2.05) is 18.3 Å². The first-order valence-electron chi connectivity index (χ1n) is 10.5. The maximum atomic E-state index is 12.2. The number of aromatic amines is 1. The highest BCUT2D eigenvalue weighted by Crippen LogP contribution is 2.36. The lowest BCUT2D eigenvalue weighted by molar-refractivity contribution is 0.549. The Morgan fingerprint density at radius 3 is 2.81 bits per heavy atom. The number of aromatic nitrogens is 4. The minimum absolute atomic E-state index is 0.0428. The summed E-state index contributed by atoms with van der Waals surface area (Å²) in [6.07, 6.45) is 7.42. The van der Waals surface area contributed by atoms with Gasteiger partial charge in [0.15, 0.2) is 0 Å². The molecule has 1 saturated heterocycles. The number of hydrogen-bond acceptors (Lipinski definition) is 7. The molecule has 3 aromatic heterocycles. The van der Waals surface area contributed by atoms with E-state index in [1.165, 1.54) is 0 Å².